The number of aromatic nitrogens is 1. The van der Waals surface area contributed by atoms with Crippen molar-refractivity contribution < 1.29 is 10.2 Å². The third kappa shape index (κ3) is 2.78. The summed E-state index contributed by atoms with van der Waals surface area (Å²) in [5.74, 6) is -0.160. The zero-order valence-electron chi connectivity index (χ0n) is 10.2. The van der Waals surface area contributed by atoms with E-state index in [-0.39, 0.29) is 17.5 Å². The van der Waals surface area contributed by atoms with Gasteiger partial charge in [0.1, 0.15) is 0 Å². The van der Waals surface area contributed by atoms with Crippen molar-refractivity contribution in [2.24, 2.45) is 0 Å². The predicted octanol–water partition coefficient (Wildman–Crippen LogP) is 2.34. The van der Waals surface area contributed by atoms with Gasteiger partial charge in [0.25, 0.3) is 0 Å². The highest BCUT2D eigenvalue weighted by Gasteiger charge is 2.08. The highest BCUT2D eigenvalue weighted by atomic mass is 16.3. The molecule has 3 N–H and O–H groups in total. The molecule has 0 aliphatic carbocycles. The molecule has 18 heavy (non-hydrogen) atoms. The van der Waals surface area contributed by atoms with E-state index in [1.54, 1.807) is 24.5 Å². The van der Waals surface area contributed by atoms with Crippen molar-refractivity contribution in [2.45, 2.75) is 19.5 Å². The molecule has 1 aromatic carbocycles. The van der Waals surface area contributed by atoms with Crippen LogP contribution in [0.15, 0.2) is 42.7 Å². The molecule has 1 atom stereocenters. The molecule has 4 nitrogen and oxygen atoms in total. The van der Waals surface area contributed by atoms with Crippen molar-refractivity contribution >= 4 is 0 Å². The molecule has 0 radical (unpaired) electrons. The first kappa shape index (κ1) is 12.4. The van der Waals surface area contributed by atoms with Crippen molar-refractivity contribution in [3.05, 3.63) is 53.9 Å². The fourth-order valence-corrected chi connectivity index (χ4v) is 1.73. The predicted molar refractivity (Wildman–Crippen MR) is 69.3 cm³/mol. The van der Waals surface area contributed by atoms with Crippen LogP contribution in [0.3, 0.4) is 0 Å². The number of phenols is 2. The molecule has 0 spiro atoms. The SMILES string of the molecule is C[C@H](NCc1cccc(O)c1O)c1cccnc1. The largest absolute Gasteiger partial charge is 0.504 e. The molecule has 0 aliphatic heterocycles. The van der Waals surface area contributed by atoms with Crippen LogP contribution in [0, 0.1) is 0 Å². The molecule has 1 heterocycles. The number of aromatic hydroxyl groups is 2. The van der Waals surface area contributed by atoms with Gasteiger partial charge >= 0.3 is 0 Å². The van der Waals surface area contributed by atoms with E-state index >= 15 is 0 Å². The number of nitrogens with one attached hydrogen (secondary N) is 1. The quantitative estimate of drug-likeness (QED) is 0.722. The van der Waals surface area contributed by atoms with E-state index in [0.29, 0.717) is 12.1 Å². The topological polar surface area (TPSA) is 65.4 Å². The Morgan fingerprint density at radius 1 is 1.22 bits per heavy atom. The van der Waals surface area contributed by atoms with Crippen LogP contribution in [0.5, 0.6) is 11.5 Å². The second-order valence-corrected chi connectivity index (χ2v) is 4.17. The van der Waals surface area contributed by atoms with Crippen molar-refractivity contribution in [2.75, 3.05) is 0 Å². The molecular formula is C14H16N2O2. The van der Waals surface area contributed by atoms with Crippen LogP contribution in [-0.4, -0.2) is 15.2 Å². The van der Waals surface area contributed by atoms with E-state index in [1.165, 1.54) is 6.07 Å². The minimum Gasteiger partial charge on any atom is -0.504 e. The molecule has 1 aromatic heterocycles. The second kappa shape index (κ2) is 5.51. The van der Waals surface area contributed by atoms with E-state index in [1.807, 2.05) is 19.1 Å². The molecule has 0 aliphatic rings. The number of benzene rings is 1. The fourth-order valence-electron chi connectivity index (χ4n) is 1.73. The summed E-state index contributed by atoms with van der Waals surface area (Å²) in [5, 5.41) is 22.3. The Morgan fingerprint density at radius 2 is 2.06 bits per heavy atom. The molecule has 0 fully saturated rings. The fraction of sp³-hybridized carbons (Fsp3) is 0.214. The maximum atomic E-state index is 9.68. The van der Waals surface area contributed by atoms with E-state index in [4.69, 9.17) is 0 Å². The van der Waals surface area contributed by atoms with Crippen LogP contribution >= 0.6 is 0 Å². The van der Waals surface area contributed by atoms with Gasteiger partial charge in [-0.05, 0) is 24.6 Å². The van der Waals surface area contributed by atoms with Crippen LogP contribution in [0.4, 0.5) is 0 Å². The van der Waals surface area contributed by atoms with E-state index in [0.717, 1.165) is 5.56 Å². The zero-order chi connectivity index (χ0) is 13.0. The first-order valence-electron chi connectivity index (χ1n) is 5.81. The van der Waals surface area contributed by atoms with Gasteiger partial charge in [0.2, 0.25) is 0 Å². The molecule has 4 heteroatoms. The van der Waals surface area contributed by atoms with E-state index in [2.05, 4.69) is 10.3 Å². The van der Waals surface area contributed by atoms with Gasteiger partial charge in [-0.15, -0.1) is 0 Å². The summed E-state index contributed by atoms with van der Waals surface area (Å²) in [6, 6.07) is 8.95. The molecule has 2 rings (SSSR count). The summed E-state index contributed by atoms with van der Waals surface area (Å²) in [5.41, 5.74) is 1.75. The summed E-state index contributed by atoms with van der Waals surface area (Å²) < 4.78 is 0. The summed E-state index contributed by atoms with van der Waals surface area (Å²) in [6.07, 6.45) is 3.54. The third-order valence-electron chi connectivity index (χ3n) is 2.88. The Balaban J connectivity index is 2.02. The van der Waals surface area contributed by atoms with Gasteiger partial charge < -0.3 is 15.5 Å². The molecule has 0 saturated heterocycles. The standard InChI is InChI=1S/C14H16N2O2/c1-10(11-5-3-7-15-8-11)16-9-12-4-2-6-13(17)14(12)18/h2-8,10,16-18H,9H2,1H3/t10-/m0/s1. The molecule has 0 amide bonds. The maximum absolute atomic E-state index is 9.68. The lowest BCUT2D eigenvalue weighted by Gasteiger charge is -2.14. The first-order valence-corrected chi connectivity index (χ1v) is 5.81. The van der Waals surface area contributed by atoms with Crippen LogP contribution in [-0.2, 0) is 6.54 Å². The normalized spacial score (nSPS) is 12.3. The molecular weight excluding hydrogens is 228 g/mol. The number of hydrogen-bond acceptors (Lipinski definition) is 4. The Labute approximate surface area is 106 Å². The first-order chi connectivity index (χ1) is 8.68. The molecule has 0 bridgehead atoms. The van der Waals surface area contributed by atoms with Crippen LogP contribution < -0.4 is 5.32 Å². The number of phenolic OH excluding ortho intramolecular Hbond substituents is 2. The number of pyridine rings is 1. The molecule has 0 saturated carbocycles. The zero-order valence-corrected chi connectivity index (χ0v) is 10.2. The third-order valence-corrected chi connectivity index (χ3v) is 2.88. The van der Waals surface area contributed by atoms with Crippen molar-refractivity contribution in [3.8, 4) is 11.5 Å². The number of rotatable bonds is 4. The minimum absolute atomic E-state index is 0.0663. The average Bonchev–Trinajstić information content (AvgIpc) is 2.41. The lowest BCUT2D eigenvalue weighted by molar-refractivity contribution is 0.396. The summed E-state index contributed by atoms with van der Waals surface area (Å²) in [6.45, 7) is 2.51. The van der Waals surface area contributed by atoms with Gasteiger partial charge in [0.05, 0.1) is 0 Å². The summed E-state index contributed by atoms with van der Waals surface area (Å²) in [7, 11) is 0. The monoisotopic (exact) mass is 244 g/mol. The van der Waals surface area contributed by atoms with Crippen molar-refractivity contribution in [1.29, 1.82) is 0 Å². The highest BCUT2D eigenvalue weighted by molar-refractivity contribution is 5.44. The van der Waals surface area contributed by atoms with Gasteiger partial charge in [-0.2, -0.15) is 0 Å². The molecule has 2 aromatic rings. The highest BCUT2D eigenvalue weighted by Crippen LogP contribution is 2.28. The molecule has 0 unspecified atom stereocenters. The summed E-state index contributed by atoms with van der Waals surface area (Å²) >= 11 is 0. The smallest absolute Gasteiger partial charge is 0.161 e. The van der Waals surface area contributed by atoms with E-state index < -0.39 is 0 Å². The number of para-hydroxylation sites is 1. The van der Waals surface area contributed by atoms with Gasteiger partial charge in [-0.1, -0.05) is 18.2 Å². The Morgan fingerprint density at radius 3 is 2.78 bits per heavy atom. The second-order valence-electron chi connectivity index (χ2n) is 4.17. The van der Waals surface area contributed by atoms with Crippen LogP contribution in [0.1, 0.15) is 24.1 Å². The van der Waals surface area contributed by atoms with Crippen LogP contribution in [0.25, 0.3) is 0 Å². The average molecular weight is 244 g/mol. The number of nitrogens with zero attached hydrogens (tertiary/aromatic N) is 1. The van der Waals surface area contributed by atoms with Gasteiger partial charge in [0, 0.05) is 30.5 Å². The lowest BCUT2D eigenvalue weighted by Crippen LogP contribution is -2.18. The maximum Gasteiger partial charge on any atom is 0.161 e. The van der Waals surface area contributed by atoms with Crippen LogP contribution in [0.2, 0.25) is 0 Å². The lowest BCUT2D eigenvalue weighted by atomic mass is 10.1. The van der Waals surface area contributed by atoms with Gasteiger partial charge in [-0.3, -0.25) is 4.98 Å². The van der Waals surface area contributed by atoms with Crippen molar-refractivity contribution in [1.82, 2.24) is 10.3 Å². The van der Waals surface area contributed by atoms with Gasteiger partial charge in [-0.25, -0.2) is 0 Å². The molecule has 94 valence electrons. The van der Waals surface area contributed by atoms with Crippen molar-refractivity contribution in [3.63, 3.8) is 0 Å². The van der Waals surface area contributed by atoms with Gasteiger partial charge in [0.15, 0.2) is 11.5 Å². The Hall–Kier alpha value is -2.07. The minimum atomic E-state index is -0.0941. The Kier molecular flexibility index (Phi) is 3.79. The summed E-state index contributed by atoms with van der Waals surface area (Å²) in [4.78, 5) is 4.06. The Bertz CT molecular complexity index is 514. The number of hydrogen-bond donors (Lipinski definition) is 3. The van der Waals surface area contributed by atoms with E-state index in [9.17, 15) is 10.2 Å².